The van der Waals surface area contributed by atoms with Gasteiger partial charge >= 0.3 is 0 Å². The molecule has 2 heterocycles. The normalized spacial score (nSPS) is 56.5. The summed E-state index contributed by atoms with van der Waals surface area (Å²) in [5.74, 6) is 0. The van der Waals surface area contributed by atoms with Gasteiger partial charge in [-0.05, 0) is 6.92 Å². The molecule has 0 aliphatic carbocycles. The van der Waals surface area contributed by atoms with Crippen molar-refractivity contribution in [3.05, 3.63) is 0 Å². The van der Waals surface area contributed by atoms with Crippen LogP contribution in [0.5, 0.6) is 0 Å². The van der Waals surface area contributed by atoms with Crippen LogP contribution in [0.4, 0.5) is 0 Å². The molecular formula is C7H12O4. The third-order valence-electron chi connectivity index (χ3n) is 2.38. The van der Waals surface area contributed by atoms with E-state index in [1.807, 2.05) is 0 Å². The summed E-state index contributed by atoms with van der Waals surface area (Å²) in [6.07, 6.45) is -2.25. The number of hydrogen-bond donors (Lipinski definition) is 2. The Bertz CT molecular complexity index is 161. The Morgan fingerprint density at radius 2 is 2.00 bits per heavy atom. The molecule has 64 valence electrons. The van der Waals surface area contributed by atoms with E-state index in [9.17, 15) is 10.2 Å². The summed E-state index contributed by atoms with van der Waals surface area (Å²) in [5.41, 5.74) is 0. The van der Waals surface area contributed by atoms with Crippen molar-refractivity contribution >= 4 is 0 Å². The second kappa shape index (κ2) is 2.42. The molecule has 0 radical (unpaired) electrons. The standard InChI is InChI=1S/C7H12O4/c1-3-5(8)7-6(9)4(11-3)2-10-7/h3-9H,2H2,1H3. The van der Waals surface area contributed by atoms with E-state index in [-0.39, 0.29) is 12.2 Å². The van der Waals surface area contributed by atoms with Crippen molar-refractivity contribution in [3.63, 3.8) is 0 Å². The SMILES string of the molecule is CC1OC2COC(C1O)C2O. The highest BCUT2D eigenvalue weighted by Crippen LogP contribution is 2.29. The van der Waals surface area contributed by atoms with Gasteiger partial charge in [0.25, 0.3) is 0 Å². The van der Waals surface area contributed by atoms with E-state index >= 15 is 0 Å². The van der Waals surface area contributed by atoms with Crippen molar-refractivity contribution in [2.75, 3.05) is 6.61 Å². The van der Waals surface area contributed by atoms with Crippen molar-refractivity contribution in [1.29, 1.82) is 0 Å². The lowest BCUT2D eigenvalue weighted by molar-refractivity contribution is -0.161. The first-order valence-electron chi connectivity index (χ1n) is 3.83. The molecule has 0 aromatic heterocycles. The van der Waals surface area contributed by atoms with Gasteiger partial charge in [0.05, 0.1) is 12.7 Å². The van der Waals surface area contributed by atoms with Gasteiger partial charge in [-0.3, -0.25) is 0 Å². The van der Waals surface area contributed by atoms with E-state index < -0.39 is 18.3 Å². The quantitative estimate of drug-likeness (QED) is 0.472. The van der Waals surface area contributed by atoms with Gasteiger partial charge in [0, 0.05) is 0 Å². The second-order valence-electron chi connectivity index (χ2n) is 3.16. The Morgan fingerprint density at radius 3 is 2.73 bits per heavy atom. The molecule has 0 aromatic carbocycles. The van der Waals surface area contributed by atoms with E-state index in [0.29, 0.717) is 6.61 Å². The predicted molar refractivity (Wildman–Crippen MR) is 36.1 cm³/mol. The molecule has 2 aliphatic heterocycles. The molecule has 2 bridgehead atoms. The van der Waals surface area contributed by atoms with Crippen molar-refractivity contribution in [2.45, 2.75) is 37.4 Å². The van der Waals surface area contributed by atoms with Crippen molar-refractivity contribution in [2.24, 2.45) is 0 Å². The minimum Gasteiger partial charge on any atom is -0.388 e. The van der Waals surface area contributed by atoms with Gasteiger partial charge in [-0.2, -0.15) is 0 Å². The lowest BCUT2D eigenvalue weighted by atomic mass is 9.99. The molecule has 2 fully saturated rings. The van der Waals surface area contributed by atoms with Crippen LogP contribution >= 0.6 is 0 Å². The number of ether oxygens (including phenoxy) is 2. The average Bonchev–Trinajstić information content (AvgIpc) is 2.23. The van der Waals surface area contributed by atoms with Crippen molar-refractivity contribution < 1.29 is 19.7 Å². The lowest BCUT2D eigenvalue weighted by Crippen LogP contribution is -2.51. The topological polar surface area (TPSA) is 58.9 Å². The highest BCUT2D eigenvalue weighted by atomic mass is 16.6. The van der Waals surface area contributed by atoms with Crippen LogP contribution in [0.2, 0.25) is 0 Å². The molecule has 5 atom stereocenters. The highest BCUT2D eigenvalue weighted by Gasteiger charge is 2.48. The molecule has 0 aromatic rings. The van der Waals surface area contributed by atoms with Crippen LogP contribution in [0.15, 0.2) is 0 Å². The van der Waals surface area contributed by atoms with Crippen molar-refractivity contribution in [1.82, 2.24) is 0 Å². The van der Waals surface area contributed by atoms with E-state index in [2.05, 4.69) is 0 Å². The molecule has 4 nitrogen and oxygen atoms in total. The fourth-order valence-corrected chi connectivity index (χ4v) is 1.66. The Labute approximate surface area is 64.7 Å². The first-order valence-corrected chi connectivity index (χ1v) is 3.83. The van der Waals surface area contributed by atoms with Gasteiger partial charge in [-0.1, -0.05) is 0 Å². The fourth-order valence-electron chi connectivity index (χ4n) is 1.66. The summed E-state index contributed by atoms with van der Waals surface area (Å²) in [5, 5.41) is 18.8. The van der Waals surface area contributed by atoms with Crippen LogP contribution in [0.1, 0.15) is 6.92 Å². The molecule has 11 heavy (non-hydrogen) atoms. The average molecular weight is 160 g/mol. The van der Waals surface area contributed by atoms with Crippen LogP contribution < -0.4 is 0 Å². The van der Waals surface area contributed by atoms with Gasteiger partial charge in [-0.25, -0.2) is 0 Å². The summed E-state index contributed by atoms with van der Waals surface area (Å²) < 4.78 is 10.4. The minimum atomic E-state index is -0.691. The number of aliphatic hydroxyl groups is 2. The van der Waals surface area contributed by atoms with Crippen LogP contribution in [-0.2, 0) is 9.47 Å². The first kappa shape index (κ1) is 7.49. The molecule has 0 spiro atoms. The molecule has 0 amide bonds. The van der Waals surface area contributed by atoms with E-state index in [4.69, 9.17) is 9.47 Å². The highest BCUT2D eigenvalue weighted by molar-refractivity contribution is 4.96. The lowest BCUT2D eigenvalue weighted by Gasteiger charge is -2.33. The predicted octanol–water partition coefficient (Wildman–Crippen LogP) is -1.11. The van der Waals surface area contributed by atoms with Gasteiger partial charge in [0.15, 0.2) is 0 Å². The molecule has 2 rings (SSSR count). The zero-order chi connectivity index (χ0) is 8.01. The van der Waals surface area contributed by atoms with Crippen LogP contribution in [-0.4, -0.2) is 47.3 Å². The summed E-state index contributed by atoms with van der Waals surface area (Å²) in [6, 6.07) is 0. The van der Waals surface area contributed by atoms with E-state index in [1.54, 1.807) is 6.92 Å². The molecule has 2 N–H and O–H groups in total. The molecule has 2 saturated heterocycles. The number of fused-ring (bicyclic) bond motifs is 2. The molecule has 2 aliphatic rings. The molecule has 5 unspecified atom stereocenters. The minimum absolute atomic E-state index is 0.226. The second-order valence-corrected chi connectivity index (χ2v) is 3.16. The maximum atomic E-state index is 9.42. The van der Waals surface area contributed by atoms with E-state index in [1.165, 1.54) is 0 Å². The Balaban J connectivity index is 2.16. The summed E-state index contributed by atoms with van der Waals surface area (Å²) >= 11 is 0. The summed E-state index contributed by atoms with van der Waals surface area (Å²) in [4.78, 5) is 0. The zero-order valence-corrected chi connectivity index (χ0v) is 6.30. The number of aliphatic hydroxyl groups excluding tert-OH is 2. The Hall–Kier alpha value is -0.160. The van der Waals surface area contributed by atoms with E-state index in [0.717, 1.165) is 0 Å². The summed E-state index contributed by atoms with van der Waals surface area (Å²) in [6.45, 7) is 2.18. The Kier molecular flexibility index (Phi) is 1.64. The molecule has 4 heteroatoms. The fraction of sp³-hybridized carbons (Fsp3) is 1.00. The Morgan fingerprint density at radius 1 is 1.27 bits per heavy atom. The summed E-state index contributed by atoms with van der Waals surface area (Å²) in [7, 11) is 0. The van der Waals surface area contributed by atoms with Crippen molar-refractivity contribution in [3.8, 4) is 0 Å². The smallest absolute Gasteiger partial charge is 0.114 e. The third-order valence-corrected chi connectivity index (χ3v) is 2.38. The largest absolute Gasteiger partial charge is 0.388 e. The third kappa shape index (κ3) is 0.980. The van der Waals surface area contributed by atoms with Gasteiger partial charge < -0.3 is 19.7 Å². The van der Waals surface area contributed by atoms with Gasteiger partial charge in [0.1, 0.15) is 24.4 Å². The van der Waals surface area contributed by atoms with Gasteiger partial charge in [0.2, 0.25) is 0 Å². The van der Waals surface area contributed by atoms with Crippen LogP contribution in [0, 0.1) is 0 Å². The molecular weight excluding hydrogens is 148 g/mol. The first-order chi connectivity index (χ1) is 5.20. The maximum Gasteiger partial charge on any atom is 0.114 e. The zero-order valence-electron chi connectivity index (χ0n) is 6.30. The van der Waals surface area contributed by atoms with Crippen LogP contribution in [0.3, 0.4) is 0 Å². The number of rotatable bonds is 0. The number of hydrogen-bond acceptors (Lipinski definition) is 4. The van der Waals surface area contributed by atoms with Crippen LogP contribution in [0.25, 0.3) is 0 Å². The maximum absolute atomic E-state index is 9.42. The molecule has 0 saturated carbocycles. The monoisotopic (exact) mass is 160 g/mol. The van der Waals surface area contributed by atoms with Gasteiger partial charge in [-0.15, -0.1) is 0 Å².